The van der Waals surface area contributed by atoms with Crippen molar-refractivity contribution in [2.45, 2.75) is 51.0 Å². The molecule has 0 aromatic heterocycles. The van der Waals surface area contributed by atoms with Crippen molar-refractivity contribution in [1.82, 2.24) is 5.32 Å². The molecule has 3 N–H and O–H groups in total. The molecule has 1 amide bonds. The molecule has 0 radical (unpaired) electrons. The zero-order valence-corrected chi connectivity index (χ0v) is 9.87. The van der Waals surface area contributed by atoms with E-state index < -0.39 is 0 Å². The van der Waals surface area contributed by atoms with Crippen LogP contribution in [0.1, 0.15) is 44.9 Å². The minimum absolute atomic E-state index is 0.143. The summed E-state index contributed by atoms with van der Waals surface area (Å²) in [5, 5.41) is 2.95. The number of hydrogen-bond acceptors (Lipinski definition) is 2. The summed E-state index contributed by atoms with van der Waals surface area (Å²) in [6, 6.07) is 0.171. The van der Waals surface area contributed by atoms with Crippen molar-refractivity contribution in [3.63, 3.8) is 0 Å². The van der Waals surface area contributed by atoms with Crippen LogP contribution in [0.3, 0.4) is 0 Å². The maximum atomic E-state index is 11.7. The lowest BCUT2D eigenvalue weighted by Crippen LogP contribution is -2.38. The van der Waals surface area contributed by atoms with Gasteiger partial charge in [-0.2, -0.15) is 0 Å². The molecule has 1 fully saturated rings. The van der Waals surface area contributed by atoms with Gasteiger partial charge in [-0.25, -0.2) is 0 Å². The van der Waals surface area contributed by atoms with Crippen molar-refractivity contribution in [1.29, 1.82) is 0 Å². The van der Waals surface area contributed by atoms with Gasteiger partial charge in [0.05, 0.1) is 0 Å². The summed E-state index contributed by atoms with van der Waals surface area (Å²) in [6.07, 6.45) is 10.0. The second-order valence-corrected chi connectivity index (χ2v) is 5.09. The highest BCUT2D eigenvalue weighted by Gasteiger charge is 2.28. The Kier molecular flexibility index (Phi) is 3.99. The lowest BCUT2D eigenvalue weighted by molar-refractivity contribution is -0.120. The van der Waals surface area contributed by atoms with Gasteiger partial charge in [-0.1, -0.05) is 11.6 Å². The molecule has 90 valence electrons. The third-order valence-electron chi connectivity index (χ3n) is 3.54. The monoisotopic (exact) mass is 222 g/mol. The fourth-order valence-corrected chi connectivity index (χ4v) is 2.26. The Morgan fingerprint density at radius 3 is 2.94 bits per heavy atom. The number of allylic oxidation sites excluding steroid dienone is 1. The fraction of sp³-hybridized carbons (Fsp3) is 0.769. The molecule has 1 unspecified atom stereocenters. The number of nitrogens with two attached hydrogens (primary N) is 1. The van der Waals surface area contributed by atoms with Gasteiger partial charge in [0, 0.05) is 19.0 Å². The molecule has 0 aliphatic heterocycles. The van der Waals surface area contributed by atoms with E-state index in [1.54, 1.807) is 0 Å². The van der Waals surface area contributed by atoms with Gasteiger partial charge in [-0.3, -0.25) is 4.79 Å². The van der Waals surface area contributed by atoms with Gasteiger partial charge in [-0.05, 0) is 44.4 Å². The van der Waals surface area contributed by atoms with E-state index in [1.807, 2.05) is 0 Å². The molecule has 1 saturated carbocycles. The molecule has 3 heteroatoms. The van der Waals surface area contributed by atoms with Crippen molar-refractivity contribution in [3.05, 3.63) is 11.6 Å². The SMILES string of the molecule is NC(CNC(=O)CC1=CCCCC1)C1CC1. The largest absolute Gasteiger partial charge is 0.354 e. The van der Waals surface area contributed by atoms with Gasteiger partial charge in [0.25, 0.3) is 0 Å². The number of carbonyl (C=O) groups excluding carboxylic acids is 1. The second kappa shape index (κ2) is 5.48. The molecule has 3 nitrogen and oxygen atoms in total. The quantitative estimate of drug-likeness (QED) is 0.696. The Bertz CT molecular complexity index is 282. The van der Waals surface area contributed by atoms with Crippen molar-refractivity contribution >= 4 is 5.91 Å². The zero-order valence-electron chi connectivity index (χ0n) is 9.87. The molecule has 2 aliphatic rings. The maximum absolute atomic E-state index is 11.7. The third kappa shape index (κ3) is 3.63. The smallest absolute Gasteiger partial charge is 0.224 e. The Labute approximate surface area is 97.5 Å². The zero-order chi connectivity index (χ0) is 11.4. The van der Waals surface area contributed by atoms with Gasteiger partial charge >= 0.3 is 0 Å². The molecule has 0 heterocycles. The number of rotatable bonds is 5. The minimum Gasteiger partial charge on any atom is -0.354 e. The average molecular weight is 222 g/mol. The number of nitrogens with one attached hydrogen (secondary N) is 1. The van der Waals surface area contributed by atoms with Crippen LogP contribution >= 0.6 is 0 Å². The molecular weight excluding hydrogens is 200 g/mol. The molecule has 0 bridgehead atoms. The third-order valence-corrected chi connectivity index (χ3v) is 3.54. The van der Waals surface area contributed by atoms with Crippen LogP contribution < -0.4 is 11.1 Å². The predicted molar refractivity (Wildman–Crippen MR) is 64.9 cm³/mol. The summed E-state index contributed by atoms with van der Waals surface area (Å²) in [7, 11) is 0. The molecule has 0 aromatic carbocycles. The van der Waals surface area contributed by atoms with Gasteiger partial charge in [0.15, 0.2) is 0 Å². The van der Waals surface area contributed by atoms with Crippen molar-refractivity contribution in [3.8, 4) is 0 Å². The molecule has 0 spiro atoms. The summed E-state index contributed by atoms with van der Waals surface area (Å²) < 4.78 is 0. The summed E-state index contributed by atoms with van der Waals surface area (Å²) in [5.41, 5.74) is 7.24. The Balaban J connectivity index is 1.65. The van der Waals surface area contributed by atoms with E-state index in [0.29, 0.717) is 18.9 Å². The molecule has 1 atom stereocenters. The topological polar surface area (TPSA) is 55.1 Å². The molecule has 16 heavy (non-hydrogen) atoms. The van der Waals surface area contributed by atoms with Crippen LogP contribution in [-0.2, 0) is 4.79 Å². The van der Waals surface area contributed by atoms with Crippen LogP contribution in [0.4, 0.5) is 0 Å². The fourth-order valence-electron chi connectivity index (χ4n) is 2.26. The molecular formula is C13H22N2O. The standard InChI is InChI=1S/C13H22N2O/c14-12(11-6-7-11)9-15-13(16)8-10-4-2-1-3-5-10/h4,11-12H,1-3,5-9,14H2,(H,15,16). The van der Waals surface area contributed by atoms with Gasteiger partial charge in [0.1, 0.15) is 0 Å². The van der Waals surface area contributed by atoms with Crippen molar-refractivity contribution in [2.75, 3.05) is 6.54 Å². The van der Waals surface area contributed by atoms with Crippen LogP contribution in [0, 0.1) is 5.92 Å². The van der Waals surface area contributed by atoms with Crippen LogP contribution in [-0.4, -0.2) is 18.5 Å². The first-order valence-corrected chi connectivity index (χ1v) is 6.46. The van der Waals surface area contributed by atoms with E-state index in [4.69, 9.17) is 5.73 Å². The Hall–Kier alpha value is -0.830. The Morgan fingerprint density at radius 2 is 2.31 bits per heavy atom. The van der Waals surface area contributed by atoms with Crippen LogP contribution in [0.2, 0.25) is 0 Å². The lowest BCUT2D eigenvalue weighted by Gasteiger charge is -2.14. The first kappa shape index (κ1) is 11.6. The lowest BCUT2D eigenvalue weighted by atomic mass is 9.97. The maximum Gasteiger partial charge on any atom is 0.224 e. The van der Waals surface area contributed by atoms with E-state index in [9.17, 15) is 4.79 Å². The van der Waals surface area contributed by atoms with Crippen LogP contribution in [0.15, 0.2) is 11.6 Å². The highest BCUT2D eigenvalue weighted by molar-refractivity contribution is 5.78. The summed E-state index contributed by atoms with van der Waals surface area (Å²) >= 11 is 0. The summed E-state index contributed by atoms with van der Waals surface area (Å²) in [4.78, 5) is 11.7. The summed E-state index contributed by atoms with van der Waals surface area (Å²) in [5.74, 6) is 0.804. The minimum atomic E-state index is 0.143. The van der Waals surface area contributed by atoms with Crippen molar-refractivity contribution < 1.29 is 4.79 Å². The van der Waals surface area contributed by atoms with E-state index >= 15 is 0 Å². The number of amides is 1. The van der Waals surface area contributed by atoms with E-state index in [0.717, 1.165) is 12.8 Å². The van der Waals surface area contributed by atoms with Gasteiger partial charge < -0.3 is 11.1 Å². The molecule has 0 saturated heterocycles. The summed E-state index contributed by atoms with van der Waals surface area (Å²) in [6.45, 7) is 0.650. The second-order valence-electron chi connectivity index (χ2n) is 5.09. The first-order chi connectivity index (χ1) is 7.75. The average Bonchev–Trinajstić information content (AvgIpc) is 3.11. The molecule has 0 aromatic rings. The highest BCUT2D eigenvalue weighted by atomic mass is 16.1. The van der Waals surface area contributed by atoms with E-state index in [-0.39, 0.29) is 11.9 Å². The van der Waals surface area contributed by atoms with Gasteiger partial charge in [-0.15, -0.1) is 0 Å². The van der Waals surface area contributed by atoms with Gasteiger partial charge in [0.2, 0.25) is 5.91 Å². The van der Waals surface area contributed by atoms with Crippen molar-refractivity contribution in [2.24, 2.45) is 11.7 Å². The number of carbonyl (C=O) groups is 1. The predicted octanol–water partition coefficient (Wildman–Crippen LogP) is 1.73. The van der Waals surface area contributed by atoms with E-state index in [2.05, 4.69) is 11.4 Å². The normalized spacial score (nSPS) is 22.4. The molecule has 2 aliphatic carbocycles. The van der Waals surface area contributed by atoms with Crippen LogP contribution in [0.5, 0.6) is 0 Å². The first-order valence-electron chi connectivity index (χ1n) is 6.46. The van der Waals surface area contributed by atoms with Crippen LogP contribution in [0.25, 0.3) is 0 Å². The van der Waals surface area contributed by atoms with E-state index in [1.165, 1.54) is 31.3 Å². The molecule has 2 rings (SSSR count). The highest BCUT2D eigenvalue weighted by Crippen LogP contribution is 2.31. The Morgan fingerprint density at radius 1 is 1.50 bits per heavy atom. The number of hydrogen-bond donors (Lipinski definition) is 2.